The first kappa shape index (κ1) is 9.94. The van der Waals surface area contributed by atoms with Gasteiger partial charge in [-0.25, -0.2) is 4.39 Å². The number of hydrogen-bond acceptors (Lipinski definition) is 1. The van der Waals surface area contributed by atoms with Crippen LogP contribution in [0.1, 0.15) is 25.3 Å². The molecule has 0 spiro atoms. The molecule has 1 N–H and O–H groups in total. The van der Waals surface area contributed by atoms with Gasteiger partial charge in [0.1, 0.15) is 5.82 Å². The summed E-state index contributed by atoms with van der Waals surface area (Å²) in [7, 11) is 0. The van der Waals surface area contributed by atoms with E-state index in [2.05, 4.69) is 0 Å². The van der Waals surface area contributed by atoms with Gasteiger partial charge in [0.25, 0.3) is 0 Å². The van der Waals surface area contributed by atoms with Gasteiger partial charge in [-0.1, -0.05) is 24.6 Å². The molecule has 0 heterocycles. The first-order chi connectivity index (χ1) is 6.53. The van der Waals surface area contributed by atoms with Gasteiger partial charge in [0, 0.05) is 10.6 Å². The van der Waals surface area contributed by atoms with Gasteiger partial charge >= 0.3 is 0 Å². The number of hydrogen-bond donors (Lipinski definition) is 1. The van der Waals surface area contributed by atoms with E-state index >= 15 is 0 Å². The second-order valence-corrected chi connectivity index (χ2v) is 4.55. The molecule has 1 aromatic rings. The van der Waals surface area contributed by atoms with Crippen LogP contribution in [0.15, 0.2) is 18.2 Å². The summed E-state index contributed by atoms with van der Waals surface area (Å²) in [5.41, 5.74) is -0.776. The summed E-state index contributed by atoms with van der Waals surface area (Å²) in [6, 6.07) is 4.50. The standard InChI is InChI=1S/C11H12ClFO/c1-7-5-11(14,6-7)10-8(12)3-2-4-9(10)13/h2-4,7,14H,5-6H2,1H3. The van der Waals surface area contributed by atoms with E-state index in [9.17, 15) is 9.50 Å². The van der Waals surface area contributed by atoms with Crippen molar-refractivity contribution in [1.82, 2.24) is 0 Å². The molecule has 2 rings (SSSR count). The summed E-state index contributed by atoms with van der Waals surface area (Å²) in [5, 5.41) is 10.4. The quantitative estimate of drug-likeness (QED) is 0.762. The summed E-state index contributed by atoms with van der Waals surface area (Å²) >= 11 is 5.87. The van der Waals surface area contributed by atoms with Crippen molar-refractivity contribution >= 4 is 11.6 Å². The predicted octanol–water partition coefficient (Wildman–Crippen LogP) is 3.10. The molecular weight excluding hydrogens is 203 g/mol. The van der Waals surface area contributed by atoms with Crippen LogP contribution < -0.4 is 0 Å². The molecule has 0 aromatic heterocycles. The summed E-state index contributed by atoms with van der Waals surface area (Å²) < 4.78 is 13.4. The minimum absolute atomic E-state index is 0.264. The highest BCUT2D eigenvalue weighted by Crippen LogP contribution is 2.48. The Balaban J connectivity index is 2.41. The molecule has 0 aliphatic heterocycles. The van der Waals surface area contributed by atoms with E-state index in [1.807, 2.05) is 6.92 Å². The molecule has 76 valence electrons. The lowest BCUT2D eigenvalue weighted by Gasteiger charge is -2.42. The van der Waals surface area contributed by atoms with Crippen LogP contribution in [-0.4, -0.2) is 5.11 Å². The highest BCUT2D eigenvalue weighted by atomic mass is 35.5. The number of halogens is 2. The number of aliphatic hydroxyl groups is 1. The van der Waals surface area contributed by atoms with Crippen molar-refractivity contribution in [1.29, 1.82) is 0 Å². The first-order valence-electron chi connectivity index (χ1n) is 4.70. The van der Waals surface area contributed by atoms with E-state index < -0.39 is 11.4 Å². The van der Waals surface area contributed by atoms with Crippen molar-refractivity contribution in [3.8, 4) is 0 Å². The summed E-state index contributed by atoms with van der Waals surface area (Å²) in [6.45, 7) is 2.03. The zero-order valence-electron chi connectivity index (χ0n) is 7.93. The fourth-order valence-electron chi connectivity index (χ4n) is 2.24. The van der Waals surface area contributed by atoms with Crippen molar-refractivity contribution in [3.05, 3.63) is 34.6 Å². The van der Waals surface area contributed by atoms with Crippen LogP contribution in [0.25, 0.3) is 0 Å². The van der Waals surface area contributed by atoms with Crippen molar-refractivity contribution in [3.63, 3.8) is 0 Å². The molecule has 1 aliphatic rings. The minimum atomic E-state index is -1.04. The molecule has 1 aromatic carbocycles. The minimum Gasteiger partial charge on any atom is -0.385 e. The van der Waals surface area contributed by atoms with Gasteiger partial charge in [0.15, 0.2) is 0 Å². The molecule has 0 saturated heterocycles. The molecule has 0 unspecified atom stereocenters. The first-order valence-corrected chi connectivity index (χ1v) is 5.07. The van der Waals surface area contributed by atoms with Gasteiger partial charge in [-0.05, 0) is 30.9 Å². The Hall–Kier alpha value is -0.600. The predicted molar refractivity (Wildman–Crippen MR) is 53.7 cm³/mol. The third-order valence-electron chi connectivity index (χ3n) is 2.80. The smallest absolute Gasteiger partial charge is 0.130 e. The Kier molecular flexibility index (Phi) is 2.28. The molecule has 1 saturated carbocycles. The second-order valence-electron chi connectivity index (χ2n) is 4.14. The Labute approximate surface area is 87.5 Å². The van der Waals surface area contributed by atoms with Crippen LogP contribution in [0.4, 0.5) is 4.39 Å². The monoisotopic (exact) mass is 214 g/mol. The van der Waals surface area contributed by atoms with Gasteiger partial charge < -0.3 is 5.11 Å². The average Bonchev–Trinajstić information content (AvgIpc) is 2.00. The molecule has 1 aliphatic carbocycles. The van der Waals surface area contributed by atoms with Gasteiger partial charge in [0.2, 0.25) is 0 Å². The van der Waals surface area contributed by atoms with E-state index in [1.165, 1.54) is 6.07 Å². The SMILES string of the molecule is CC1CC(O)(c2c(F)cccc2Cl)C1. The van der Waals surface area contributed by atoms with Crippen LogP contribution in [0.2, 0.25) is 5.02 Å². The molecule has 14 heavy (non-hydrogen) atoms. The summed E-state index contributed by atoms with van der Waals surface area (Å²) in [5.74, 6) is 0.0302. The topological polar surface area (TPSA) is 20.2 Å². The lowest BCUT2D eigenvalue weighted by molar-refractivity contribution is -0.0762. The molecule has 0 radical (unpaired) electrons. The van der Waals surface area contributed by atoms with Gasteiger partial charge in [-0.3, -0.25) is 0 Å². The van der Waals surface area contributed by atoms with Crippen molar-refractivity contribution < 1.29 is 9.50 Å². The molecule has 1 nitrogen and oxygen atoms in total. The van der Waals surface area contributed by atoms with Crippen LogP contribution >= 0.6 is 11.6 Å². The largest absolute Gasteiger partial charge is 0.385 e. The maximum absolute atomic E-state index is 13.4. The Morgan fingerprint density at radius 1 is 1.50 bits per heavy atom. The van der Waals surface area contributed by atoms with Crippen molar-refractivity contribution in [2.45, 2.75) is 25.4 Å². The third-order valence-corrected chi connectivity index (χ3v) is 3.12. The highest BCUT2D eigenvalue weighted by molar-refractivity contribution is 6.31. The van der Waals surface area contributed by atoms with E-state index in [-0.39, 0.29) is 5.56 Å². The maximum Gasteiger partial charge on any atom is 0.130 e. The van der Waals surface area contributed by atoms with Crippen LogP contribution in [0.5, 0.6) is 0 Å². The van der Waals surface area contributed by atoms with Crippen LogP contribution in [0, 0.1) is 11.7 Å². The summed E-state index contributed by atoms with van der Waals surface area (Å²) in [6.07, 6.45) is 1.18. The average molecular weight is 215 g/mol. The molecular formula is C11H12ClFO. The van der Waals surface area contributed by atoms with Gasteiger partial charge in [0.05, 0.1) is 5.60 Å². The van der Waals surface area contributed by atoms with Gasteiger partial charge in [-0.2, -0.15) is 0 Å². The van der Waals surface area contributed by atoms with Crippen molar-refractivity contribution in [2.24, 2.45) is 5.92 Å². The van der Waals surface area contributed by atoms with E-state index in [4.69, 9.17) is 11.6 Å². The fraction of sp³-hybridized carbons (Fsp3) is 0.455. The second kappa shape index (κ2) is 3.21. The zero-order chi connectivity index (χ0) is 10.3. The number of rotatable bonds is 1. The van der Waals surface area contributed by atoms with E-state index in [0.29, 0.717) is 23.8 Å². The maximum atomic E-state index is 13.4. The third kappa shape index (κ3) is 1.43. The Bertz CT molecular complexity index is 338. The highest BCUT2D eigenvalue weighted by Gasteiger charge is 2.44. The Morgan fingerprint density at radius 2 is 2.14 bits per heavy atom. The zero-order valence-corrected chi connectivity index (χ0v) is 8.68. The molecule has 3 heteroatoms. The lowest BCUT2D eigenvalue weighted by Crippen LogP contribution is -2.40. The van der Waals surface area contributed by atoms with E-state index in [0.717, 1.165) is 0 Å². The number of benzene rings is 1. The molecule has 1 fully saturated rings. The molecule has 0 atom stereocenters. The normalized spacial score (nSPS) is 31.3. The Morgan fingerprint density at radius 3 is 2.64 bits per heavy atom. The fourth-order valence-corrected chi connectivity index (χ4v) is 2.58. The van der Waals surface area contributed by atoms with E-state index in [1.54, 1.807) is 12.1 Å². The molecule has 0 amide bonds. The van der Waals surface area contributed by atoms with Crippen LogP contribution in [0.3, 0.4) is 0 Å². The van der Waals surface area contributed by atoms with Crippen molar-refractivity contribution in [2.75, 3.05) is 0 Å². The summed E-state index contributed by atoms with van der Waals surface area (Å²) in [4.78, 5) is 0. The molecule has 0 bridgehead atoms. The van der Waals surface area contributed by atoms with Crippen LogP contribution in [-0.2, 0) is 5.60 Å². The lowest BCUT2D eigenvalue weighted by atomic mass is 9.68. The van der Waals surface area contributed by atoms with Gasteiger partial charge in [-0.15, -0.1) is 0 Å².